The molecule has 0 saturated carbocycles. The van der Waals surface area contributed by atoms with Crippen LogP contribution in [0.5, 0.6) is 5.88 Å². The number of hydrogen-bond donors (Lipinski definition) is 2. The van der Waals surface area contributed by atoms with E-state index in [1.54, 1.807) is 12.1 Å². The van der Waals surface area contributed by atoms with E-state index in [0.29, 0.717) is 11.1 Å². The van der Waals surface area contributed by atoms with E-state index < -0.39 is 17.6 Å². The summed E-state index contributed by atoms with van der Waals surface area (Å²) in [6.45, 7) is 3.42. The molecule has 0 saturated heterocycles. The molecule has 3 rings (SSSR count). The summed E-state index contributed by atoms with van der Waals surface area (Å²) in [6, 6.07) is 8.65. The standard InChI is InChI=1S/C20H18F3N3O2/c1-11-5-12(2)7-14(6-11)26-17-8-13(20(21,22)23)3-4-15(17)16(19(26)28)9-25-10-18(24)27/h3-9,28H,10H2,1-2H3,(H2,24,27). The predicted molar refractivity (Wildman–Crippen MR) is 101 cm³/mol. The summed E-state index contributed by atoms with van der Waals surface area (Å²) in [6.07, 6.45) is -3.28. The van der Waals surface area contributed by atoms with Crippen LogP contribution in [0, 0.1) is 13.8 Å². The van der Waals surface area contributed by atoms with E-state index in [1.165, 1.54) is 16.8 Å². The molecule has 3 aromatic rings. The summed E-state index contributed by atoms with van der Waals surface area (Å²) in [5, 5.41) is 11.2. The van der Waals surface area contributed by atoms with Gasteiger partial charge in [0.15, 0.2) is 0 Å². The van der Waals surface area contributed by atoms with Crippen LogP contribution in [0.2, 0.25) is 0 Å². The van der Waals surface area contributed by atoms with Crippen molar-refractivity contribution in [2.75, 3.05) is 6.54 Å². The highest BCUT2D eigenvalue weighted by molar-refractivity contribution is 6.04. The van der Waals surface area contributed by atoms with E-state index in [0.717, 1.165) is 23.3 Å². The monoisotopic (exact) mass is 389 g/mol. The van der Waals surface area contributed by atoms with Crippen molar-refractivity contribution in [2.45, 2.75) is 20.0 Å². The zero-order chi connectivity index (χ0) is 20.6. The van der Waals surface area contributed by atoms with Gasteiger partial charge >= 0.3 is 6.18 Å². The zero-order valence-electron chi connectivity index (χ0n) is 15.2. The first-order valence-corrected chi connectivity index (χ1v) is 8.39. The molecule has 0 aliphatic heterocycles. The molecule has 0 aliphatic carbocycles. The first-order chi connectivity index (χ1) is 13.1. The summed E-state index contributed by atoms with van der Waals surface area (Å²) in [5.41, 5.74) is 6.93. The number of fused-ring (bicyclic) bond motifs is 1. The number of aliphatic imine (C=N–C) groups is 1. The number of halogens is 3. The number of nitrogens with zero attached hydrogens (tertiary/aromatic N) is 2. The van der Waals surface area contributed by atoms with E-state index in [-0.39, 0.29) is 23.5 Å². The van der Waals surface area contributed by atoms with Gasteiger partial charge in [-0.05, 0) is 49.2 Å². The fourth-order valence-electron chi connectivity index (χ4n) is 3.17. The van der Waals surface area contributed by atoms with Gasteiger partial charge in [0.2, 0.25) is 11.8 Å². The maximum Gasteiger partial charge on any atom is 0.416 e. The number of primary amides is 1. The lowest BCUT2D eigenvalue weighted by atomic mass is 10.1. The van der Waals surface area contributed by atoms with E-state index in [9.17, 15) is 23.1 Å². The molecule has 1 aromatic heterocycles. The molecule has 0 bridgehead atoms. The van der Waals surface area contributed by atoms with Crippen molar-refractivity contribution in [1.82, 2.24) is 4.57 Å². The van der Waals surface area contributed by atoms with Crippen molar-refractivity contribution in [2.24, 2.45) is 10.7 Å². The number of benzene rings is 2. The molecule has 1 heterocycles. The van der Waals surface area contributed by atoms with Crippen molar-refractivity contribution >= 4 is 23.0 Å². The smallest absolute Gasteiger partial charge is 0.416 e. The zero-order valence-corrected chi connectivity index (χ0v) is 15.2. The van der Waals surface area contributed by atoms with Crippen LogP contribution in [0.15, 0.2) is 41.4 Å². The van der Waals surface area contributed by atoms with Crippen molar-refractivity contribution in [3.05, 3.63) is 58.7 Å². The summed E-state index contributed by atoms with van der Waals surface area (Å²) in [7, 11) is 0. The van der Waals surface area contributed by atoms with Gasteiger partial charge in [-0.2, -0.15) is 13.2 Å². The van der Waals surface area contributed by atoms with Gasteiger partial charge in [0, 0.05) is 17.3 Å². The van der Waals surface area contributed by atoms with Crippen LogP contribution < -0.4 is 5.73 Å². The third-order valence-electron chi connectivity index (χ3n) is 4.24. The van der Waals surface area contributed by atoms with Gasteiger partial charge in [-0.3, -0.25) is 14.4 Å². The topological polar surface area (TPSA) is 80.6 Å². The Bertz CT molecular complexity index is 1080. The largest absolute Gasteiger partial charge is 0.494 e. The van der Waals surface area contributed by atoms with Gasteiger partial charge in [-0.1, -0.05) is 12.1 Å². The molecular weight excluding hydrogens is 371 g/mol. The van der Waals surface area contributed by atoms with Crippen molar-refractivity contribution in [1.29, 1.82) is 0 Å². The molecule has 0 unspecified atom stereocenters. The van der Waals surface area contributed by atoms with Gasteiger partial charge < -0.3 is 10.8 Å². The molecular formula is C20H18F3N3O2. The average molecular weight is 389 g/mol. The van der Waals surface area contributed by atoms with Crippen LogP contribution in [0.25, 0.3) is 16.6 Å². The molecule has 0 aliphatic rings. The maximum atomic E-state index is 13.2. The third-order valence-corrected chi connectivity index (χ3v) is 4.24. The Morgan fingerprint density at radius 1 is 1.18 bits per heavy atom. The highest BCUT2D eigenvalue weighted by Gasteiger charge is 2.31. The van der Waals surface area contributed by atoms with Gasteiger partial charge in [0.1, 0.15) is 6.54 Å². The van der Waals surface area contributed by atoms with Gasteiger partial charge in [-0.25, -0.2) is 0 Å². The Labute approximate surface area is 158 Å². The number of rotatable bonds is 4. The van der Waals surface area contributed by atoms with Crippen LogP contribution >= 0.6 is 0 Å². The predicted octanol–water partition coefficient (Wildman–Crippen LogP) is 3.88. The quantitative estimate of drug-likeness (QED) is 0.664. The molecule has 0 spiro atoms. The lowest BCUT2D eigenvalue weighted by molar-refractivity contribution is -0.137. The number of carbonyl (C=O) groups is 1. The molecule has 0 radical (unpaired) electrons. The van der Waals surface area contributed by atoms with Crippen molar-refractivity contribution in [3.8, 4) is 11.6 Å². The Morgan fingerprint density at radius 2 is 1.82 bits per heavy atom. The van der Waals surface area contributed by atoms with Crippen molar-refractivity contribution in [3.63, 3.8) is 0 Å². The highest BCUT2D eigenvalue weighted by Crippen LogP contribution is 2.38. The number of amides is 1. The van der Waals surface area contributed by atoms with Crippen molar-refractivity contribution < 1.29 is 23.1 Å². The number of alkyl halides is 3. The van der Waals surface area contributed by atoms with E-state index in [4.69, 9.17) is 5.73 Å². The first-order valence-electron chi connectivity index (χ1n) is 8.39. The van der Waals surface area contributed by atoms with Gasteiger partial charge in [-0.15, -0.1) is 0 Å². The highest BCUT2D eigenvalue weighted by atomic mass is 19.4. The molecule has 8 heteroatoms. The minimum Gasteiger partial charge on any atom is -0.494 e. The number of aryl methyl sites for hydroxylation is 2. The Hall–Kier alpha value is -3.29. The van der Waals surface area contributed by atoms with E-state index >= 15 is 0 Å². The average Bonchev–Trinajstić information content (AvgIpc) is 2.84. The molecule has 1 amide bonds. The fraction of sp³-hybridized carbons (Fsp3) is 0.200. The van der Waals surface area contributed by atoms with Crippen LogP contribution in [-0.2, 0) is 11.0 Å². The Morgan fingerprint density at radius 3 is 2.39 bits per heavy atom. The maximum absolute atomic E-state index is 13.2. The number of aromatic hydroxyl groups is 1. The minimum absolute atomic E-state index is 0.179. The summed E-state index contributed by atoms with van der Waals surface area (Å²) in [5.74, 6) is -0.930. The lowest BCUT2D eigenvalue weighted by Crippen LogP contribution is -2.14. The van der Waals surface area contributed by atoms with E-state index in [1.807, 2.05) is 19.9 Å². The lowest BCUT2D eigenvalue weighted by Gasteiger charge is -2.11. The van der Waals surface area contributed by atoms with Crippen LogP contribution in [-0.4, -0.2) is 28.3 Å². The number of aromatic nitrogens is 1. The number of hydrogen-bond acceptors (Lipinski definition) is 3. The van der Waals surface area contributed by atoms with Gasteiger partial charge in [0.25, 0.3) is 0 Å². The second-order valence-corrected chi connectivity index (χ2v) is 6.58. The first kappa shape index (κ1) is 19.5. The second kappa shape index (κ2) is 7.03. The number of carbonyl (C=O) groups excluding carboxylic acids is 1. The van der Waals surface area contributed by atoms with E-state index in [2.05, 4.69) is 4.99 Å². The molecule has 5 nitrogen and oxygen atoms in total. The minimum atomic E-state index is -4.53. The molecule has 3 N–H and O–H groups in total. The molecule has 146 valence electrons. The Kier molecular flexibility index (Phi) is 4.89. The summed E-state index contributed by atoms with van der Waals surface area (Å²) < 4.78 is 41.0. The Balaban J connectivity index is 2.32. The summed E-state index contributed by atoms with van der Waals surface area (Å²) in [4.78, 5) is 14.8. The molecule has 0 fully saturated rings. The fourth-order valence-corrected chi connectivity index (χ4v) is 3.17. The van der Waals surface area contributed by atoms with Crippen LogP contribution in [0.4, 0.5) is 13.2 Å². The molecule has 2 aromatic carbocycles. The molecule has 28 heavy (non-hydrogen) atoms. The second-order valence-electron chi connectivity index (χ2n) is 6.58. The van der Waals surface area contributed by atoms with Crippen LogP contribution in [0.1, 0.15) is 22.3 Å². The third kappa shape index (κ3) is 3.71. The SMILES string of the molecule is Cc1cc(C)cc(-n2c(O)c(C=NCC(N)=O)c3ccc(C(F)(F)F)cc32)c1. The van der Waals surface area contributed by atoms with Crippen LogP contribution in [0.3, 0.4) is 0 Å². The molecule has 0 atom stereocenters. The normalized spacial score (nSPS) is 12.2. The van der Waals surface area contributed by atoms with Gasteiger partial charge in [0.05, 0.1) is 16.6 Å². The summed E-state index contributed by atoms with van der Waals surface area (Å²) >= 11 is 0. The number of nitrogens with two attached hydrogens (primary N) is 1.